The lowest BCUT2D eigenvalue weighted by Gasteiger charge is -2.04. The molecule has 0 radical (unpaired) electrons. The van der Waals surface area contributed by atoms with Gasteiger partial charge in [0.25, 0.3) is 5.95 Å². The highest BCUT2D eigenvalue weighted by Crippen LogP contribution is 2.18. The Morgan fingerprint density at radius 3 is 2.62 bits per heavy atom. The Hall–Kier alpha value is -0.780. The zero-order chi connectivity index (χ0) is 9.84. The van der Waals surface area contributed by atoms with Gasteiger partial charge in [-0.3, -0.25) is 0 Å². The summed E-state index contributed by atoms with van der Waals surface area (Å²) in [5.41, 5.74) is 0.416. The summed E-state index contributed by atoms with van der Waals surface area (Å²) in [5.74, 6) is -1.57. The number of nitrogens with zero attached hydrogens (tertiary/aromatic N) is 1. The maximum Gasteiger partial charge on any atom is 0.387 e. The fraction of sp³-hybridized carbons (Fsp3) is 0.286. The smallest absolute Gasteiger partial charge is 0.387 e. The average Bonchev–Trinajstić information content (AvgIpc) is 2.08. The molecule has 2 nitrogen and oxygen atoms in total. The maximum atomic E-state index is 12.8. The van der Waals surface area contributed by atoms with Crippen molar-refractivity contribution in [2.45, 2.75) is 11.9 Å². The molecule has 0 saturated carbocycles. The van der Waals surface area contributed by atoms with Gasteiger partial charge in [-0.05, 0) is 12.1 Å². The minimum Gasteiger partial charge on any atom is -0.430 e. The van der Waals surface area contributed by atoms with Crippen molar-refractivity contribution in [2.24, 2.45) is 0 Å². The molecule has 0 aliphatic rings. The Morgan fingerprint density at radius 2 is 2.15 bits per heavy atom. The average molecular weight is 256 g/mol. The third-order valence-electron chi connectivity index (χ3n) is 1.23. The van der Waals surface area contributed by atoms with Crippen molar-refractivity contribution in [3.05, 3.63) is 23.8 Å². The Bertz CT molecular complexity index is 295. The second-order valence-electron chi connectivity index (χ2n) is 2.10. The lowest BCUT2D eigenvalue weighted by molar-refractivity contribution is -0.0526. The zero-order valence-corrected chi connectivity index (χ0v) is 7.89. The van der Waals surface area contributed by atoms with Crippen LogP contribution in [0.2, 0.25) is 0 Å². The molecule has 0 saturated heterocycles. The van der Waals surface area contributed by atoms with Crippen LogP contribution in [0.5, 0.6) is 5.75 Å². The lowest BCUT2D eigenvalue weighted by atomic mass is 10.4. The molecule has 0 amide bonds. The van der Waals surface area contributed by atoms with Gasteiger partial charge in [0.15, 0.2) is 5.75 Å². The molecule has 0 bridgehead atoms. The SMILES string of the molecule is Fc1nc(CBr)ccc1OC(F)F. The van der Waals surface area contributed by atoms with Crippen molar-refractivity contribution in [3.63, 3.8) is 0 Å². The van der Waals surface area contributed by atoms with Gasteiger partial charge in [-0.15, -0.1) is 0 Å². The van der Waals surface area contributed by atoms with E-state index in [9.17, 15) is 13.2 Å². The quantitative estimate of drug-likeness (QED) is 0.612. The summed E-state index contributed by atoms with van der Waals surface area (Å²) in [7, 11) is 0. The van der Waals surface area contributed by atoms with Crippen LogP contribution < -0.4 is 4.74 Å². The van der Waals surface area contributed by atoms with Gasteiger partial charge < -0.3 is 4.74 Å². The molecule has 1 heterocycles. The van der Waals surface area contributed by atoms with Crippen LogP contribution in [-0.4, -0.2) is 11.6 Å². The summed E-state index contributed by atoms with van der Waals surface area (Å²) in [6, 6.07) is 2.51. The van der Waals surface area contributed by atoms with E-state index in [1.54, 1.807) is 0 Å². The van der Waals surface area contributed by atoms with E-state index in [0.29, 0.717) is 11.0 Å². The van der Waals surface area contributed by atoms with Crippen molar-refractivity contribution in [3.8, 4) is 5.75 Å². The van der Waals surface area contributed by atoms with Crippen LogP contribution in [0, 0.1) is 5.95 Å². The number of rotatable bonds is 3. The number of pyridine rings is 1. The first-order chi connectivity index (χ1) is 6.13. The molecule has 0 fully saturated rings. The van der Waals surface area contributed by atoms with Gasteiger partial charge in [-0.1, -0.05) is 15.9 Å². The fourth-order valence-electron chi connectivity index (χ4n) is 0.717. The topological polar surface area (TPSA) is 22.1 Å². The van der Waals surface area contributed by atoms with Gasteiger partial charge in [-0.2, -0.15) is 13.2 Å². The van der Waals surface area contributed by atoms with Crippen molar-refractivity contribution in [1.29, 1.82) is 0 Å². The molecule has 0 aliphatic heterocycles. The fourth-order valence-corrected chi connectivity index (χ4v) is 1.03. The molecule has 0 atom stereocenters. The highest BCUT2D eigenvalue weighted by molar-refractivity contribution is 9.08. The summed E-state index contributed by atoms with van der Waals surface area (Å²) in [6.45, 7) is -3.04. The molecule has 1 aromatic rings. The first kappa shape index (κ1) is 10.3. The standard InChI is InChI=1S/C7H5BrF3NO/c8-3-4-1-2-5(6(9)12-4)13-7(10)11/h1-2,7H,3H2. The van der Waals surface area contributed by atoms with Crippen LogP contribution in [0.1, 0.15) is 5.69 Å². The van der Waals surface area contributed by atoms with Crippen LogP contribution in [-0.2, 0) is 5.33 Å². The molecule has 0 aliphatic carbocycles. The molecular weight excluding hydrogens is 251 g/mol. The molecule has 1 aromatic heterocycles. The number of hydrogen-bond donors (Lipinski definition) is 0. The molecule has 6 heteroatoms. The Kier molecular flexibility index (Phi) is 3.53. The van der Waals surface area contributed by atoms with Gasteiger partial charge in [0.05, 0.1) is 5.69 Å². The van der Waals surface area contributed by atoms with E-state index in [1.165, 1.54) is 6.07 Å². The Morgan fingerprint density at radius 1 is 1.46 bits per heavy atom. The molecular formula is C7H5BrF3NO. The number of hydrogen-bond acceptors (Lipinski definition) is 2. The van der Waals surface area contributed by atoms with Crippen molar-refractivity contribution < 1.29 is 17.9 Å². The molecule has 0 spiro atoms. The molecule has 72 valence electrons. The zero-order valence-electron chi connectivity index (χ0n) is 6.31. The number of alkyl halides is 3. The first-order valence-corrected chi connectivity index (χ1v) is 4.42. The van der Waals surface area contributed by atoms with E-state index in [0.717, 1.165) is 6.07 Å². The van der Waals surface area contributed by atoms with Gasteiger partial charge in [0.2, 0.25) is 0 Å². The minimum absolute atomic E-state index is 0.360. The van der Waals surface area contributed by atoms with Crippen LogP contribution in [0.25, 0.3) is 0 Å². The second-order valence-corrected chi connectivity index (χ2v) is 2.66. The highest BCUT2D eigenvalue weighted by Gasteiger charge is 2.10. The first-order valence-electron chi connectivity index (χ1n) is 3.29. The highest BCUT2D eigenvalue weighted by atomic mass is 79.9. The second kappa shape index (κ2) is 4.45. The monoisotopic (exact) mass is 255 g/mol. The number of halogens is 4. The third kappa shape index (κ3) is 2.87. The molecule has 0 aromatic carbocycles. The molecule has 0 N–H and O–H groups in total. The molecule has 0 unspecified atom stereocenters. The van der Waals surface area contributed by atoms with Gasteiger partial charge in [0, 0.05) is 5.33 Å². The lowest BCUT2D eigenvalue weighted by Crippen LogP contribution is -2.05. The van der Waals surface area contributed by atoms with Crippen molar-refractivity contribution in [1.82, 2.24) is 4.98 Å². The normalized spacial score (nSPS) is 10.5. The predicted octanol–water partition coefficient (Wildman–Crippen LogP) is 2.72. The van der Waals surface area contributed by atoms with E-state index in [1.807, 2.05) is 0 Å². The maximum absolute atomic E-state index is 12.8. The van der Waals surface area contributed by atoms with Crippen molar-refractivity contribution in [2.75, 3.05) is 0 Å². The number of aromatic nitrogens is 1. The van der Waals surface area contributed by atoms with Gasteiger partial charge in [-0.25, -0.2) is 4.98 Å². The largest absolute Gasteiger partial charge is 0.430 e. The summed E-state index contributed by atoms with van der Waals surface area (Å²) in [4.78, 5) is 3.37. The van der Waals surface area contributed by atoms with E-state index in [4.69, 9.17) is 0 Å². The summed E-state index contributed by atoms with van der Waals surface area (Å²) >= 11 is 3.05. The Balaban J connectivity index is 2.85. The van der Waals surface area contributed by atoms with Crippen LogP contribution in [0.15, 0.2) is 12.1 Å². The van der Waals surface area contributed by atoms with Gasteiger partial charge in [0.1, 0.15) is 0 Å². The molecule has 1 rings (SSSR count). The summed E-state index contributed by atoms with van der Waals surface area (Å²) in [5, 5.41) is 0.360. The van der Waals surface area contributed by atoms with Crippen LogP contribution >= 0.6 is 15.9 Å². The van der Waals surface area contributed by atoms with Gasteiger partial charge >= 0.3 is 6.61 Å². The van der Waals surface area contributed by atoms with E-state index in [-0.39, 0.29) is 0 Å². The summed E-state index contributed by atoms with van der Waals surface area (Å²) < 4.78 is 40.0. The summed E-state index contributed by atoms with van der Waals surface area (Å²) in [6.07, 6.45) is 0. The Labute approximate surface area is 80.9 Å². The van der Waals surface area contributed by atoms with Crippen LogP contribution in [0.3, 0.4) is 0 Å². The van der Waals surface area contributed by atoms with Crippen LogP contribution in [0.4, 0.5) is 13.2 Å². The predicted molar refractivity (Wildman–Crippen MR) is 43.5 cm³/mol. The van der Waals surface area contributed by atoms with E-state index >= 15 is 0 Å². The number of ether oxygens (including phenoxy) is 1. The minimum atomic E-state index is -3.04. The molecule has 13 heavy (non-hydrogen) atoms. The van der Waals surface area contributed by atoms with Crippen molar-refractivity contribution >= 4 is 15.9 Å². The van der Waals surface area contributed by atoms with E-state index < -0.39 is 18.3 Å². The van der Waals surface area contributed by atoms with E-state index in [2.05, 4.69) is 25.7 Å². The third-order valence-corrected chi connectivity index (χ3v) is 1.80.